The summed E-state index contributed by atoms with van der Waals surface area (Å²) in [4.78, 5) is 13.5. The number of hydrogen-bond acceptors (Lipinski definition) is 4. The number of benzene rings is 2. The number of methoxy groups -OCH3 is 1. The van der Waals surface area contributed by atoms with Crippen LogP contribution in [0.5, 0.6) is 5.75 Å². The highest BCUT2D eigenvalue weighted by Gasteiger charge is 2.27. The summed E-state index contributed by atoms with van der Waals surface area (Å²) < 4.78 is 25.4. The first kappa shape index (κ1) is 19.7. The lowest BCUT2D eigenvalue weighted by Crippen LogP contribution is -2.34. The van der Waals surface area contributed by atoms with Gasteiger partial charge in [0, 0.05) is 19.0 Å². The SMILES string of the molecule is COC(=O)CCc1ccc2c(c1)CCN(c1cc(OC3CCC3)ccc1F)C2C. The van der Waals surface area contributed by atoms with Crippen LogP contribution in [0.4, 0.5) is 10.1 Å². The van der Waals surface area contributed by atoms with Crippen LogP contribution >= 0.6 is 0 Å². The molecule has 0 saturated heterocycles. The molecule has 0 radical (unpaired) electrons. The lowest BCUT2D eigenvalue weighted by atomic mass is 9.90. The van der Waals surface area contributed by atoms with E-state index < -0.39 is 0 Å². The van der Waals surface area contributed by atoms with Gasteiger partial charge in [0.25, 0.3) is 0 Å². The van der Waals surface area contributed by atoms with Gasteiger partial charge in [-0.15, -0.1) is 0 Å². The van der Waals surface area contributed by atoms with Crippen LogP contribution in [0, 0.1) is 5.82 Å². The average molecular weight is 397 g/mol. The minimum atomic E-state index is -0.212. The first-order valence-corrected chi connectivity index (χ1v) is 10.5. The second-order valence-electron chi connectivity index (χ2n) is 8.01. The topological polar surface area (TPSA) is 38.8 Å². The number of rotatable bonds is 6. The summed E-state index contributed by atoms with van der Waals surface area (Å²) in [6.45, 7) is 2.86. The fraction of sp³-hybridized carbons (Fsp3) is 0.458. The summed E-state index contributed by atoms with van der Waals surface area (Å²) in [7, 11) is 1.41. The summed E-state index contributed by atoms with van der Waals surface area (Å²) in [5.41, 5.74) is 4.23. The van der Waals surface area contributed by atoms with Gasteiger partial charge in [-0.05, 0) is 67.9 Å². The van der Waals surface area contributed by atoms with E-state index >= 15 is 0 Å². The molecule has 1 fully saturated rings. The summed E-state index contributed by atoms with van der Waals surface area (Å²) in [6.07, 6.45) is 5.55. The van der Waals surface area contributed by atoms with Crippen LogP contribution in [-0.4, -0.2) is 25.7 Å². The highest BCUT2D eigenvalue weighted by molar-refractivity contribution is 5.69. The van der Waals surface area contributed by atoms with E-state index in [1.165, 1.54) is 30.7 Å². The quantitative estimate of drug-likeness (QED) is 0.644. The van der Waals surface area contributed by atoms with Gasteiger partial charge in [-0.1, -0.05) is 18.2 Å². The molecule has 0 amide bonds. The van der Waals surface area contributed by atoms with Crippen LogP contribution in [0.15, 0.2) is 36.4 Å². The number of hydrogen-bond donors (Lipinski definition) is 0. The molecule has 2 aromatic carbocycles. The fourth-order valence-corrected chi connectivity index (χ4v) is 4.19. The van der Waals surface area contributed by atoms with Gasteiger partial charge in [0.15, 0.2) is 0 Å². The fourth-order valence-electron chi connectivity index (χ4n) is 4.19. The van der Waals surface area contributed by atoms with E-state index in [9.17, 15) is 9.18 Å². The van der Waals surface area contributed by atoms with E-state index in [4.69, 9.17) is 9.47 Å². The van der Waals surface area contributed by atoms with E-state index in [2.05, 4.69) is 30.0 Å². The van der Waals surface area contributed by atoms with E-state index in [1.54, 1.807) is 6.07 Å². The number of carbonyl (C=O) groups is 1. The van der Waals surface area contributed by atoms with Gasteiger partial charge < -0.3 is 14.4 Å². The lowest BCUT2D eigenvalue weighted by Gasteiger charge is -2.38. The average Bonchev–Trinajstić information content (AvgIpc) is 2.70. The number of anilines is 1. The largest absolute Gasteiger partial charge is 0.490 e. The zero-order valence-electron chi connectivity index (χ0n) is 17.1. The van der Waals surface area contributed by atoms with Gasteiger partial charge in [-0.2, -0.15) is 0 Å². The van der Waals surface area contributed by atoms with Gasteiger partial charge in [0.05, 0.1) is 24.9 Å². The molecule has 1 unspecified atom stereocenters. The Morgan fingerprint density at radius 2 is 2.03 bits per heavy atom. The molecule has 0 spiro atoms. The van der Waals surface area contributed by atoms with Gasteiger partial charge in [0.2, 0.25) is 0 Å². The molecule has 4 nitrogen and oxygen atoms in total. The zero-order chi connectivity index (χ0) is 20.4. The van der Waals surface area contributed by atoms with Gasteiger partial charge in [0.1, 0.15) is 11.6 Å². The van der Waals surface area contributed by atoms with Crippen LogP contribution in [0.3, 0.4) is 0 Å². The van der Waals surface area contributed by atoms with Crippen molar-refractivity contribution in [3.05, 3.63) is 58.9 Å². The predicted octanol–water partition coefficient (Wildman–Crippen LogP) is 4.99. The molecule has 1 aliphatic heterocycles. The van der Waals surface area contributed by atoms with E-state index in [0.29, 0.717) is 18.5 Å². The Bertz CT molecular complexity index is 894. The molecule has 154 valence electrons. The van der Waals surface area contributed by atoms with Crippen molar-refractivity contribution < 1.29 is 18.7 Å². The summed E-state index contributed by atoms with van der Waals surface area (Å²) >= 11 is 0. The smallest absolute Gasteiger partial charge is 0.305 e. The number of halogens is 1. The van der Waals surface area contributed by atoms with Crippen molar-refractivity contribution in [1.82, 2.24) is 0 Å². The molecule has 29 heavy (non-hydrogen) atoms. The Kier molecular flexibility index (Phi) is 5.74. The van der Waals surface area contributed by atoms with Crippen LogP contribution in [0.25, 0.3) is 0 Å². The van der Waals surface area contributed by atoms with Crippen LogP contribution in [-0.2, 0) is 22.4 Å². The first-order valence-electron chi connectivity index (χ1n) is 10.5. The third-order valence-corrected chi connectivity index (χ3v) is 6.17. The second kappa shape index (κ2) is 8.44. The Morgan fingerprint density at radius 1 is 1.21 bits per heavy atom. The van der Waals surface area contributed by atoms with E-state index in [-0.39, 0.29) is 23.9 Å². The predicted molar refractivity (Wildman–Crippen MR) is 111 cm³/mol. The maximum atomic E-state index is 14.7. The summed E-state index contributed by atoms with van der Waals surface area (Å²) in [5, 5.41) is 0. The Balaban J connectivity index is 1.52. The number of aryl methyl sites for hydroxylation is 1. The molecular weight excluding hydrogens is 369 g/mol. The Morgan fingerprint density at radius 3 is 2.76 bits per heavy atom. The zero-order valence-corrected chi connectivity index (χ0v) is 17.1. The second-order valence-corrected chi connectivity index (χ2v) is 8.01. The molecule has 1 atom stereocenters. The number of fused-ring (bicyclic) bond motifs is 1. The maximum absolute atomic E-state index is 14.7. The van der Waals surface area contributed by atoms with Crippen molar-refractivity contribution in [2.24, 2.45) is 0 Å². The molecule has 2 aromatic rings. The van der Waals surface area contributed by atoms with Crippen molar-refractivity contribution in [2.45, 2.75) is 57.6 Å². The lowest BCUT2D eigenvalue weighted by molar-refractivity contribution is -0.140. The normalized spacial score (nSPS) is 18.7. The molecule has 0 N–H and O–H groups in total. The number of carbonyl (C=O) groups excluding carboxylic acids is 1. The third kappa shape index (κ3) is 4.24. The summed E-state index contributed by atoms with van der Waals surface area (Å²) in [6, 6.07) is 11.5. The number of nitrogens with zero attached hydrogens (tertiary/aromatic N) is 1. The number of esters is 1. The molecule has 0 bridgehead atoms. The summed E-state index contributed by atoms with van der Waals surface area (Å²) in [5.74, 6) is 0.347. The highest BCUT2D eigenvalue weighted by atomic mass is 19.1. The van der Waals surface area contributed by atoms with Crippen LogP contribution in [0.2, 0.25) is 0 Å². The highest BCUT2D eigenvalue weighted by Crippen LogP contribution is 2.37. The molecule has 4 rings (SSSR count). The maximum Gasteiger partial charge on any atom is 0.305 e. The van der Waals surface area contributed by atoms with Crippen LogP contribution in [0.1, 0.15) is 55.3 Å². The first-order chi connectivity index (χ1) is 14.0. The van der Waals surface area contributed by atoms with Gasteiger partial charge >= 0.3 is 5.97 Å². The van der Waals surface area contributed by atoms with E-state index in [1.807, 2.05) is 6.07 Å². The monoisotopic (exact) mass is 397 g/mol. The van der Waals surface area contributed by atoms with Gasteiger partial charge in [-0.3, -0.25) is 4.79 Å². The molecule has 2 aliphatic rings. The number of ether oxygens (including phenoxy) is 2. The van der Waals surface area contributed by atoms with Crippen LogP contribution < -0.4 is 9.64 Å². The molecule has 0 aromatic heterocycles. The van der Waals surface area contributed by atoms with Crippen molar-refractivity contribution >= 4 is 11.7 Å². The molecular formula is C24H28FNO3. The van der Waals surface area contributed by atoms with Crippen molar-refractivity contribution in [2.75, 3.05) is 18.6 Å². The standard InChI is InChI=1S/C24H28FNO3/c1-16-21-9-6-17(7-11-24(27)28-2)14-18(21)12-13-26(16)23-15-20(8-10-22(23)25)29-19-4-3-5-19/h6,8-10,14-16,19H,3-5,7,11-13H2,1-2H3. The molecule has 1 aliphatic carbocycles. The van der Waals surface area contributed by atoms with Gasteiger partial charge in [-0.25, -0.2) is 4.39 Å². The minimum Gasteiger partial charge on any atom is -0.490 e. The molecule has 5 heteroatoms. The van der Waals surface area contributed by atoms with Crippen molar-refractivity contribution in [1.29, 1.82) is 0 Å². The minimum absolute atomic E-state index is 0.0712. The Labute approximate surface area is 171 Å². The molecule has 1 saturated carbocycles. The van der Waals surface area contributed by atoms with Crippen molar-refractivity contribution in [3.8, 4) is 5.75 Å². The Hall–Kier alpha value is -2.56. The van der Waals surface area contributed by atoms with E-state index in [0.717, 1.165) is 37.1 Å². The third-order valence-electron chi connectivity index (χ3n) is 6.17. The van der Waals surface area contributed by atoms with Crippen molar-refractivity contribution in [3.63, 3.8) is 0 Å². The molecule has 1 heterocycles.